The van der Waals surface area contributed by atoms with E-state index in [-0.39, 0.29) is 11.7 Å². The van der Waals surface area contributed by atoms with Gasteiger partial charge in [-0.2, -0.15) is 0 Å². The van der Waals surface area contributed by atoms with E-state index in [2.05, 4.69) is 39.4 Å². The molecule has 2 rings (SSSR count). The van der Waals surface area contributed by atoms with Gasteiger partial charge in [0.2, 0.25) is 0 Å². The average Bonchev–Trinajstić information content (AvgIpc) is 2.58. The van der Waals surface area contributed by atoms with Crippen LogP contribution in [0, 0.1) is 10.8 Å². The summed E-state index contributed by atoms with van der Waals surface area (Å²) in [7, 11) is 1.87. The number of amides is 1. The molecule has 0 unspecified atom stereocenters. The second kappa shape index (κ2) is 8.57. The summed E-state index contributed by atoms with van der Waals surface area (Å²) < 4.78 is 0.565. The quantitative estimate of drug-likeness (QED) is 0.309. The molecule has 0 saturated carbocycles. The van der Waals surface area contributed by atoms with Gasteiger partial charge in [0, 0.05) is 16.6 Å². The molecule has 127 valence electrons. The Morgan fingerprint density at radius 3 is 2.92 bits per heavy atom. The maximum absolute atomic E-state index is 12.6. The van der Waals surface area contributed by atoms with Crippen LogP contribution in [0.25, 0.3) is 0 Å². The molecule has 25 heavy (non-hydrogen) atoms. The third kappa shape index (κ3) is 5.00. The van der Waals surface area contributed by atoms with Crippen LogP contribution in [0.15, 0.2) is 53.0 Å². The van der Waals surface area contributed by atoms with Gasteiger partial charge >= 0.3 is 0 Å². The van der Waals surface area contributed by atoms with Crippen LogP contribution in [0.3, 0.4) is 0 Å². The first-order chi connectivity index (χ1) is 11.9. The minimum atomic E-state index is -0.346. The molecule has 2 heterocycles. The lowest BCUT2D eigenvalue weighted by Crippen LogP contribution is -2.31. The summed E-state index contributed by atoms with van der Waals surface area (Å²) in [6.45, 7) is 8.22. The molecular formula is C17H18BBrN5O. The Kier molecular flexibility index (Phi) is 6.47. The molecule has 0 spiro atoms. The smallest absolute Gasteiger partial charge is 0.256 e. The second-order valence-corrected chi connectivity index (χ2v) is 6.43. The average molecular weight is 399 g/mol. The first-order valence-corrected chi connectivity index (χ1v) is 8.45. The number of nitrogens with one attached hydrogen (secondary N) is 3. The van der Waals surface area contributed by atoms with E-state index >= 15 is 0 Å². The Balaban J connectivity index is 2.42. The van der Waals surface area contributed by atoms with Gasteiger partial charge in [0.15, 0.2) is 13.1 Å². The molecule has 0 atom stereocenters. The summed E-state index contributed by atoms with van der Waals surface area (Å²) in [6, 6.07) is 5.04. The number of hydrogen-bond acceptors (Lipinski definition) is 4. The van der Waals surface area contributed by atoms with Gasteiger partial charge in [-0.1, -0.05) is 40.4 Å². The molecule has 8 heteroatoms. The van der Waals surface area contributed by atoms with E-state index in [0.29, 0.717) is 46.3 Å². The number of nitrogens with zero attached hydrogens (tertiary/aromatic N) is 2. The van der Waals surface area contributed by atoms with Crippen LogP contribution < -0.4 is 5.32 Å². The van der Waals surface area contributed by atoms with E-state index in [9.17, 15) is 4.79 Å². The fraction of sp³-hybridized carbons (Fsp3) is 0.176. The summed E-state index contributed by atoms with van der Waals surface area (Å²) in [5.41, 5.74) is 1.37. The van der Waals surface area contributed by atoms with Crippen LogP contribution >= 0.6 is 15.9 Å². The molecule has 1 aromatic heterocycles. The van der Waals surface area contributed by atoms with Crippen molar-refractivity contribution in [3.63, 3.8) is 0 Å². The zero-order valence-electron chi connectivity index (χ0n) is 13.7. The number of anilines is 1. The number of aromatic nitrogens is 1. The number of pyridine rings is 1. The Hall–Kier alpha value is -2.48. The second-order valence-electron chi connectivity index (χ2n) is 5.41. The summed E-state index contributed by atoms with van der Waals surface area (Å²) >= 11 is 3.24. The molecule has 1 aromatic rings. The number of halogens is 1. The predicted octanol–water partition coefficient (Wildman–Crippen LogP) is 3.13. The normalized spacial score (nSPS) is 17.7. The van der Waals surface area contributed by atoms with Crippen molar-refractivity contribution < 1.29 is 4.79 Å². The third-order valence-electron chi connectivity index (χ3n) is 3.56. The van der Waals surface area contributed by atoms with Gasteiger partial charge in [0.1, 0.15) is 11.5 Å². The molecule has 0 saturated heterocycles. The predicted molar refractivity (Wildman–Crippen MR) is 106 cm³/mol. The molecule has 0 aromatic carbocycles. The molecule has 0 fully saturated rings. The number of rotatable bonds is 2. The van der Waals surface area contributed by atoms with Gasteiger partial charge in [-0.3, -0.25) is 15.6 Å². The summed E-state index contributed by atoms with van der Waals surface area (Å²) in [4.78, 5) is 18.4. The van der Waals surface area contributed by atoms with Gasteiger partial charge in [0.05, 0.1) is 6.34 Å². The first kappa shape index (κ1) is 18.9. The highest BCUT2D eigenvalue weighted by molar-refractivity contribution is 9.11. The van der Waals surface area contributed by atoms with E-state index in [1.165, 1.54) is 4.90 Å². The molecule has 1 aliphatic rings. The summed E-state index contributed by atoms with van der Waals surface area (Å²) in [6.07, 6.45) is 4.11. The number of fused-ring (bicyclic) bond motifs is 2. The van der Waals surface area contributed by atoms with Crippen molar-refractivity contribution in [1.29, 1.82) is 10.8 Å². The summed E-state index contributed by atoms with van der Waals surface area (Å²) in [5, 5.41) is 18.5. The number of carbonyl (C=O) groups is 1. The standard InChI is InChI=1S/C17H18BBrN5O/c1-11(19)9-13-12(2)18-7-4-8-24(10-20)16(21)14-5-3-6-15(22-14)23-17(13)25/h3,5-6,9-10,20-21H,1-2,4,7-8H2,(H,22,23,25)/b13-9+,20-10?,21-16?. The molecule has 1 radical (unpaired) electrons. The highest BCUT2D eigenvalue weighted by Gasteiger charge is 2.18. The molecule has 1 amide bonds. The topological polar surface area (TPSA) is 92.9 Å². The van der Waals surface area contributed by atoms with Crippen LogP contribution in [-0.2, 0) is 4.79 Å². The lowest BCUT2D eigenvalue weighted by molar-refractivity contribution is -0.112. The van der Waals surface area contributed by atoms with Crippen LogP contribution in [0.5, 0.6) is 0 Å². The first-order valence-electron chi connectivity index (χ1n) is 7.65. The van der Waals surface area contributed by atoms with Crippen LogP contribution in [-0.4, -0.2) is 41.8 Å². The Morgan fingerprint density at radius 1 is 1.48 bits per heavy atom. The number of amidine groups is 1. The van der Waals surface area contributed by atoms with Crippen molar-refractivity contribution in [1.82, 2.24) is 9.88 Å². The highest BCUT2D eigenvalue weighted by atomic mass is 79.9. The Labute approximate surface area is 156 Å². The summed E-state index contributed by atoms with van der Waals surface area (Å²) in [5.74, 6) is 0.102. The zero-order chi connectivity index (χ0) is 18.4. The maximum atomic E-state index is 12.6. The maximum Gasteiger partial charge on any atom is 0.256 e. The number of hydrogen-bond donors (Lipinski definition) is 3. The largest absolute Gasteiger partial charge is 0.316 e. The van der Waals surface area contributed by atoms with Crippen molar-refractivity contribution in [2.75, 3.05) is 11.9 Å². The monoisotopic (exact) mass is 398 g/mol. The van der Waals surface area contributed by atoms with Gasteiger partial charge in [0.25, 0.3) is 5.91 Å². The van der Waals surface area contributed by atoms with E-state index < -0.39 is 0 Å². The molecule has 1 aliphatic heterocycles. The molecule has 3 N–H and O–H groups in total. The minimum Gasteiger partial charge on any atom is -0.316 e. The van der Waals surface area contributed by atoms with Crippen molar-refractivity contribution in [2.45, 2.75) is 12.7 Å². The van der Waals surface area contributed by atoms with E-state index in [1.54, 1.807) is 24.3 Å². The van der Waals surface area contributed by atoms with Gasteiger partial charge in [-0.05, 0) is 24.6 Å². The highest BCUT2D eigenvalue weighted by Crippen LogP contribution is 2.18. The van der Waals surface area contributed by atoms with Crippen molar-refractivity contribution in [3.05, 3.63) is 58.7 Å². The van der Waals surface area contributed by atoms with E-state index in [0.717, 1.165) is 6.34 Å². The van der Waals surface area contributed by atoms with E-state index in [4.69, 9.17) is 10.8 Å². The van der Waals surface area contributed by atoms with Gasteiger partial charge in [-0.15, -0.1) is 6.58 Å². The Bertz CT molecular complexity index is 774. The van der Waals surface area contributed by atoms with Crippen molar-refractivity contribution in [2.24, 2.45) is 0 Å². The number of carbonyl (C=O) groups excluding carboxylic acids is 1. The van der Waals surface area contributed by atoms with Crippen molar-refractivity contribution >= 4 is 47.1 Å². The van der Waals surface area contributed by atoms with Gasteiger partial charge in [-0.25, -0.2) is 4.98 Å². The van der Waals surface area contributed by atoms with Crippen molar-refractivity contribution in [3.8, 4) is 0 Å². The lowest BCUT2D eigenvalue weighted by atomic mass is 9.63. The minimum absolute atomic E-state index is 0.119. The zero-order valence-corrected chi connectivity index (χ0v) is 15.3. The van der Waals surface area contributed by atoms with Crippen LogP contribution in [0.1, 0.15) is 12.1 Å². The lowest BCUT2D eigenvalue weighted by Gasteiger charge is -2.19. The fourth-order valence-electron chi connectivity index (χ4n) is 2.32. The Morgan fingerprint density at radius 2 is 2.24 bits per heavy atom. The third-order valence-corrected chi connectivity index (χ3v) is 3.79. The molecule has 6 nitrogen and oxygen atoms in total. The fourth-order valence-corrected chi connectivity index (χ4v) is 2.55. The van der Waals surface area contributed by atoms with Crippen LogP contribution in [0.4, 0.5) is 5.82 Å². The molecular weight excluding hydrogens is 381 g/mol. The molecule has 2 bridgehead atoms. The number of allylic oxidation sites excluding steroid dienone is 2. The molecule has 0 aliphatic carbocycles. The van der Waals surface area contributed by atoms with Gasteiger partial charge < -0.3 is 10.2 Å². The van der Waals surface area contributed by atoms with E-state index in [1.807, 2.05) is 7.28 Å². The SMILES string of the molecule is C=C(Br)/C=C1\C(=C)[B]CCCN(C=N)C(=N)c2cccc(n2)NC1=O. The van der Waals surface area contributed by atoms with Crippen LogP contribution in [0.2, 0.25) is 6.32 Å².